The summed E-state index contributed by atoms with van der Waals surface area (Å²) in [5, 5.41) is 2.73. The van der Waals surface area contributed by atoms with E-state index in [2.05, 4.69) is 33.0 Å². The Morgan fingerprint density at radius 2 is 1.88 bits per heavy atom. The molecule has 0 unspecified atom stereocenters. The molecule has 2 amide bonds. The molecule has 0 aromatic heterocycles. The van der Waals surface area contributed by atoms with Crippen molar-refractivity contribution in [3.05, 3.63) is 0 Å². The standard InChI is InChI=1S/C12H20N2O2/c1-11(2)9(12(11,3)4)10(16)14-6-5-13-8(15)7-14/h9H,5-7H2,1-4H3,(H,13,15). The maximum absolute atomic E-state index is 12.3. The summed E-state index contributed by atoms with van der Waals surface area (Å²) in [6.45, 7) is 9.95. The highest BCUT2D eigenvalue weighted by Gasteiger charge is 2.68. The lowest BCUT2D eigenvalue weighted by Crippen LogP contribution is -2.50. The average Bonchev–Trinajstić information content (AvgIpc) is 2.56. The molecule has 0 spiro atoms. The van der Waals surface area contributed by atoms with Crippen molar-refractivity contribution in [2.45, 2.75) is 27.7 Å². The van der Waals surface area contributed by atoms with E-state index in [0.29, 0.717) is 13.1 Å². The van der Waals surface area contributed by atoms with Gasteiger partial charge in [-0.25, -0.2) is 0 Å². The van der Waals surface area contributed by atoms with Crippen LogP contribution >= 0.6 is 0 Å². The van der Waals surface area contributed by atoms with Gasteiger partial charge in [0.25, 0.3) is 0 Å². The van der Waals surface area contributed by atoms with E-state index in [9.17, 15) is 9.59 Å². The zero-order valence-electron chi connectivity index (χ0n) is 10.5. The number of nitrogens with one attached hydrogen (secondary N) is 1. The average molecular weight is 224 g/mol. The van der Waals surface area contributed by atoms with E-state index in [4.69, 9.17) is 0 Å². The van der Waals surface area contributed by atoms with Gasteiger partial charge in [-0.2, -0.15) is 0 Å². The number of nitrogens with zero attached hydrogens (tertiary/aromatic N) is 1. The molecule has 0 aromatic rings. The van der Waals surface area contributed by atoms with Crippen molar-refractivity contribution in [2.75, 3.05) is 19.6 Å². The predicted octanol–water partition coefficient (Wildman–Crippen LogP) is 0.627. The van der Waals surface area contributed by atoms with Gasteiger partial charge in [-0.1, -0.05) is 27.7 Å². The lowest BCUT2D eigenvalue weighted by molar-refractivity contribution is -0.140. The van der Waals surface area contributed by atoms with Crippen molar-refractivity contribution in [2.24, 2.45) is 16.7 Å². The van der Waals surface area contributed by atoms with E-state index in [0.717, 1.165) is 0 Å². The first-order chi connectivity index (χ1) is 7.28. The smallest absolute Gasteiger partial charge is 0.239 e. The number of amides is 2. The Balaban J connectivity index is 2.07. The van der Waals surface area contributed by atoms with Crippen molar-refractivity contribution in [3.8, 4) is 0 Å². The summed E-state index contributed by atoms with van der Waals surface area (Å²) in [4.78, 5) is 25.2. The molecule has 16 heavy (non-hydrogen) atoms. The molecule has 0 aromatic carbocycles. The Hall–Kier alpha value is -1.06. The highest BCUT2D eigenvalue weighted by Crippen LogP contribution is 2.68. The fourth-order valence-electron chi connectivity index (χ4n) is 2.82. The van der Waals surface area contributed by atoms with Crippen LogP contribution in [0, 0.1) is 16.7 Å². The van der Waals surface area contributed by atoms with Crippen LogP contribution < -0.4 is 5.32 Å². The maximum atomic E-state index is 12.3. The van der Waals surface area contributed by atoms with Gasteiger partial charge in [-0.3, -0.25) is 9.59 Å². The topological polar surface area (TPSA) is 49.4 Å². The fraction of sp³-hybridized carbons (Fsp3) is 0.833. The first-order valence-corrected chi connectivity index (χ1v) is 5.84. The Morgan fingerprint density at radius 3 is 2.31 bits per heavy atom. The van der Waals surface area contributed by atoms with Crippen molar-refractivity contribution < 1.29 is 9.59 Å². The molecule has 0 bridgehead atoms. The molecule has 0 atom stereocenters. The minimum absolute atomic E-state index is 0.0455. The second-order valence-corrected chi connectivity index (χ2v) is 5.99. The largest absolute Gasteiger partial charge is 0.353 e. The third-order valence-electron chi connectivity index (χ3n) is 4.62. The summed E-state index contributed by atoms with van der Waals surface area (Å²) in [6.07, 6.45) is 0. The Bertz CT molecular complexity index is 333. The monoisotopic (exact) mass is 224 g/mol. The van der Waals surface area contributed by atoms with Crippen LogP contribution in [-0.4, -0.2) is 36.3 Å². The van der Waals surface area contributed by atoms with Gasteiger partial charge in [0.2, 0.25) is 11.8 Å². The van der Waals surface area contributed by atoms with Crippen LogP contribution in [0.25, 0.3) is 0 Å². The zero-order valence-corrected chi connectivity index (χ0v) is 10.5. The van der Waals surface area contributed by atoms with Crippen LogP contribution in [0.1, 0.15) is 27.7 Å². The molecule has 1 saturated carbocycles. The third-order valence-corrected chi connectivity index (χ3v) is 4.62. The Kier molecular flexibility index (Phi) is 2.30. The van der Waals surface area contributed by atoms with E-state index in [-0.39, 0.29) is 35.1 Å². The Labute approximate surface area is 96.4 Å². The van der Waals surface area contributed by atoms with Crippen LogP contribution in [0.4, 0.5) is 0 Å². The number of piperazine rings is 1. The summed E-state index contributed by atoms with van der Waals surface area (Å²) in [6, 6.07) is 0. The molecule has 1 aliphatic carbocycles. The van der Waals surface area contributed by atoms with Gasteiger partial charge < -0.3 is 10.2 Å². The van der Waals surface area contributed by atoms with E-state index in [1.807, 2.05) is 0 Å². The number of hydrogen-bond acceptors (Lipinski definition) is 2. The predicted molar refractivity (Wildman–Crippen MR) is 60.6 cm³/mol. The molecule has 1 N–H and O–H groups in total. The second-order valence-electron chi connectivity index (χ2n) is 5.99. The van der Waals surface area contributed by atoms with Gasteiger partial charge >= 0.3 is 0 Å². The van der Waals surface area contributed by atoms with Gasteiger partial charge in [0.1, 0.15) is 0 Å². The molecule has 2 rings (SSSR count). The number of rotatable bonds is 1. The zero-order chi connectivity index (χ0) is 12.1. The van der Waals surface area contributed by atoms with Crippen molar-refractivity contribution in [1.82, 2.24) is 10.2 Å². The fourth-order valence-corrected chi connectivity index (χ4v) is 2.82. The normalized spacial score (nSPS) is 27.5. The molecule has 0 radical (unpaired) electrons. The molecule has 1 heterocycles. The van der Waals surface area contributed by atoms with Crippen molar-refractivity contribution in [1.29, 1.82) is 0 Å². The van der Waals surface area contributed by atoms with Crippen molar-refractivity contribution in [3.63, 3.8) is 0 Å². The minimum atomic E-state index is -0.0455. The van der Waals surface area contributed by atoms with Gasteiger partial charge in [0.05, 0.1) is 6.54 Å². The lowest BCUT2D eigenvalue weighted by atomic mass is 10.0. The van der Waals surface area contributed by atoms with E-state index in [1.165, 1.54) is 0 Å². The SMILES string of the molecule is CC1(C)C(C(=O)N2CCNC(=O)C2)C1(C)C. The van der Waals surface area contributed by atoms with Crippen LogP contribution in [0.3, 0.4) is 0 Å². The van der Waals surface area contributed by atoms with Gasteiger partial charge in [0, 0.05) is 19.0 Å². The molecule has 2 aliphatic rings. The number of carbonyl (C=O) groups is 2. The van der Waals surface area contributed by atoms with Gasteiger partial charge in [-0.15, -0.1) is 0 Å². The molecular formula is C12H20N2O2. The van der Waals surface area contributed by atoms with Crippen LogP contribution in [0.5, 0.6) is 0 Å². The molecular weight excluding hydrogens is 204 g/mol. The molecule has 4 nitrogen and oxygen atoms in total. The van der Waals surface area contributed by atoms with Gasteiger partial charge in [0.15, 0.2) is 0 Å². The number of hydrogen-bond donors (Lipinski definition) is 1. The second kappa shape index (κ2) is 3.22. The van der Waals surface area contributed by atoms with E-state index >= 15 is 0 Å². The summed E-state index contributed by atoms with van der Waals surface area (Å²) in [7, 11) is 0. The highest BCUT2D eigenvalue weighted by atomic mass is 16.2. The quantitative estimate of drug-likeness (QED) is 0.710. The van der Waals surface area contributed by atoms with E-state index < -0.39 is 0 Å². The van der Waals surface area contributed by atoms with Crippen LogP contribution in [-0.2, 0) is 9.59 Å². The van der Waals surface area contributed by atoms with Gasteiger partial charge in [-0.05, 0) is 10.8 Å². The third kappa shape index (κ3) is 1.43. The molecule has 1 aliphatic heterocycles. The van der Waals surface area contributed by atoms with Crippen molar-refractivity contribution >= 4 is 11.8 Å². The van der Waals surface area contributed by atoms with Crippen LogP contribution in [0.2, 0.25) is 0 Å². The molecule has 1 saturated heterocycles. The minimum Gasteiger partial charge on any atom is -0.353 e. The summed E-state index contributed by atoms with van der Waals surface area (Å²) >= 11 is 0. The molecule has 2 fully saturated rings. The molecule has 4 heteroatoms. The molecule has 90 valence electrons. The van der Waals surface area contributed by atoms with E-state index in [1.54, 1.807) is 4.90 Å². The Morgan fingerprint density at radius 1 is 1.31 bits per heavy atom. The first-order valence-electron chi connectivity index (χ1n) is 5.84. The number of carbonyl (C=O) groups excluding carboxylic acids is 2. The van der Waals surface area contributed by atoms with Crippen LogP contribution in [0.15, 0.2) is 0 Å². The highest BCUT2D eigenvalue weighted by molar-refractivity contribution is 5.89. The summed E-state index contributed by atoms with van der Waals surface area (Å²) < 4.78 is 0. The maximum Gasteiger partial charge on any atom is 0.239 e. The summed E-state index contributed by atoms with van der Waals surface area (Å²) in [5.41, 5.74) is 0.107. The summed E-state index contributed by atoms with van der Waals surface area (Å²) in [5.74, 6) is 0.159. The first kappa shape index (κ1) is 11.4. The lowest BCUT2D eigenvalue weighted by Gasteiger charge is -2.27.